The van der Waals surface area contributed by atoms with Gasteiger partial charge in [-0.3, -0.25) is 0 Å². The van der Waals surface area contributed by atoms with Crippen LogP contribution in [0.3, 0.4) is 0 Å². The van der Waals surface area contributed by atoms with Gasteiger partial charge in [0.15, 0.2) is 0 Å². The van der Waals surface area contributed by atoms with Crippen LogP contribution in [0.5, 0.6) is 0 Å². The molecule has 0 saturated carbocycles. The van der Waals surface area contributed by atoms with Crippen molar-refractivity contribution in [1.82, 2.24) is 49.2 Å². The van der Waals surface area contributed by atoms with Crippen LogP contribution in [0.4, 0.5) is 0 Å². The molecule has 0 aromatic carbocycles. The molecule has 0 aromatic rings. The molecule has 36 N–H and O–H groups in total. The van der Waals surface area contributed by atoms with Crippen LogP contribution in [0.1, 0.15) is 0 Å². The van der Waals surface area contributed by atoms with Crippen molar-refractivity contribution >= 4 is 0 Å². The van der Waals surface area contributed by atoms with Crippen molar-refractivity contribution in [3.63, 3.8) is 0 Å². The van der Waals surface area contributed by atoms with Gasteiger partial charge in [0.25, 0.3) is 0 Å². The summed E-state index contributed by atoms with van der Waals surface area (Å²) < 4.78 is 0. The van der Waals surface area contributed by atoms with Gasteiger partial charge in [0, 0.05) is 0 Å². The normalized spacial score (nSPS) is 0. The van der Waals surface area contributed by atoms with E-state index in [9.17, 15) is 0 Å². The van der Waals surface area contributed by atoms with Gasteiger partial charge in [-0.15, -0.1) is 0 Å². The summed E-state index contributed by atoms with van der Waals surface area (Å²) in [6.45, 7) is 0. The monoisotopic (exact) mass is 584 g/mol. The number of nitrogens with two attached hydrogens (primary N) is 2. The number of hydrogen-bond acceptors (Lipinski definition) is 8. The summed E-state index contributed by atoms with van der Waals surface area (Å²) in [4.78, 5) is 0. The zero-order valence-electron chi connectivity index (χ0n) is 11.0. The minimum atomic E-state index is 0. The second-order valence-corrected chi connectivity index (χ2v) is 0. The van der Waals surface area contributed by atoms with E-state index < -0.39 is 0 Å². The van der Waals surface area contributed by atoms with Crippen LogP contribution in [0.15, 0.2) is 0 Å². The predicted molar refractivity (Wildman–Crippen MR) is 65.2 cm³/mol. The summed E-state index contributed by atoms with van der Waals surface area (Å²) >= 11 is 0. The summed E-state index contributed by atoms with van der Waals surface area (Å²) in [6, 6.07) is 0. The van der Waals surface area contributed by atoms with E-state index in [1.54, 1.807) is 0 Å². The van der Waals surface area contributed by atoms with Crippen molar-refractivity contribution in [2.45, 2.75) is 0 Å². The third-order valence-electron chi connectivity index (χ3n) is 0. The molecule has 154 valence electrons. The van der Waals surface area contributed by atoms with E-state index in [1.807, 2.05) is 0 Å². The van der Waals surface area contributed by atoms with Crippen molar-refractivity contribution in [3.05, 3.63) is 12.3 Å². The molecule has 0 unspecified atom stereocenters. The van der Waals surface area contributed by atoms with Gasteiger partial charge < -0.3 is 133 Å². The molecule has 20 heavy (non-hydrogen) atoms. The van der Waals surface area contributed by atoms with Crippen molar-refractivity contribution in [2.75, 3.05) is 0 Å². The molecular weight excluding hydrogens is 548 g/mol. The van der Waals surface area contributed by atoms with Crippen LogP contribution in [0.2, 0.25) is 0 Å². The molecular formula is H36Cl4N10O4Ru2. The minimum Gasteiger partial charge on any atom is -1.00 e. The molecule has 0 atom stereocenters. The van der Waals surface area contributed by atoms with Crippen LogP contribution in [-0.4, -0.2) is 21.9 Å². The molecule has 0 spiro atoms. The molecule has 0 rings (SSSR count). The number of hydrogen-bond donors (Lipinski definition) is 8. The zero-order valence-corrected chi connectivity index (χ0v) is 17.5. The molecule has 0 aliphatic carbocycles. The number of halogens is 4. The summed E-state index contributed by atoms with van der Waals surface area (Å²) in [5.74, 6) is 0. The Morgan fingerprint density at radius 1 is 0.250 bits per heavy atom. The van der Waals surface area contributed by atoms with Crippen molar-refractivity contribution in [2.24, 2.45) is 0 Å². The van der Waals surface area contributed by atoms with Gasteiger partial charge in [0.1, 0.15) is 0 Å². The average Bonchev–Trinajstić information content (AvgIpc) is 0. The standard InChI is InChI=1S/4ClH.8H3N.2H2N.4H2O.2Ru/h4*1H;8*1H3;6*1H2;;/q;;;;;;;;;;;;2*-1;;;;;2*+3/p-4. The fraction of sp³-hybridized carbons (Fsp3) is 0. The maximum Gasteiger partial charge on any atom is 3.00 e. The minimum absolute atomic E-state index is 0. The van der Waals surface area contributed by atoms with Crippen molar-refractivity contribution in [3.8, 4) is 0 Å². The fourth-order valence-electron chi connectivity index (χ4n) is 0. The van der Waals surface area contributed by atoms with E-state index >= 15 is 0 Å². The third kappa shape index (κ3) is 2070. The quantitative estimate of drug-likeness (QED) is 0.126. The molecule has 0 aliphatic rings. The van der Waals surface area contributed by atoms with Gasteiger partial charge in [0.05, 0.1) is 0 Å². The Morgan fingerprint density at radius 3 is 0.250 bits per heavy atom. The SMILES string of the molecule is N.N.N.N.N.N.N.N.O.O.O.O.[Cl-].[Cl-].[Cl-].[Cl-].[NH2-].[NH2-].[Ru+3].[Ru+3]. The van der Waals surface area contributed by atoms with E-state index in [0.29, 0.717) is 0 Å². The first kappa shape index (κ1) is 2780. The third-order valence-corrected chi connectivity index (χ3v) is 0. The van der Waals surface area contributed by atoms with Crippen molar-refractivity contribution in [1.29, 1.82) is 0 Å². The topological polar surface area (TPSA) is 473 Å². The Balaban J connectivity index is 0. The Morgan fingerprint density at radius 2 is 0.250 bits per heavy atom. The summed E-state index contributed by atoms with van der Waals surface area (Å²) in [5, 5.41) is 0. The van der Waals surface area contributed by atoms with Crippen LogP contribution >= 0.6 is 0 Å². The van der Waals surface area contributed by atoms with Gasteiger partial charge in [-0.05, 0) is 0 Å². The first-order valence-corrected chi connectivity index (χ1v) is 0. The smallest absolute Gasteiger partial charge is 1.00 e. The van der Waals surface area contributed by atoms with E-state index in [2.05, 4.69) is 0 Å². The molecule has 0 fully saturated rings. The average molecular weight is 584 g/mol. The molecule has 20 heteroatoms. The van der Waals surface area contributed by atoms with Gasteiger partial charge in [0.2, 0.25) is 0 Å². The van der Waals surface area contributed by atoms with Gasteiger partial charge in [-0.25, -0.2) is 0 Å². The molecule has 0 aliphatic heterocycles. The Kier molecular flexibility index (Phi) is 335000. The predicted octanol–water partition coefficient (Wildman–Crippen LogP) is -12.6. The van der Waals surface area contributed by atoms with Crippen LogP contribution in [0, 0.1) is 0 Å². The molecule has 2 radical (unpaired) electrons. The maximum atomic E-state index is 0. The Hall–Kier alpha value is 1.85. The molecule has 0 bridgehead atoms. The summed E-state index contributed by atoms with van der Waals surface area (Å²) in [5.41, 5.74) is 0. The van der Waals surface area contributed by atoms with E-state index in [0.717, 1.165) is 0 Å². The van der Waals surface area contributed by atoms with Gasteiger partial charge >= 0.3 is 39.0 Å². The molecule has 0 aromatic heterocycles. The van der Waals surface area contributed by atoms with Gasteiger partial charge in [-0.2, -0.15) is 0 Å². The van der Waals surface area contributed by atoms with Crippen LogP contribution in [0.25, 0.3) is 12.3 Å². The first-order valence-electron chi connectivity index (χ1n) is 0. The van der Waals surface area contributed by atoms with E-state index in [-0.39, 0.29) is 172 Å². The van der Waals surface area contributed by atoms with Gasteiger partial charge in [-0.1, -0.05) is 0 Å². The number of rotatable bonds is 0. The summed E-state index contributed by atoms with van der Waals surface area (Å²) in [7, 11) is 0. The maximum absolute atomic E-state index is 0. The van der Waals surface area contributed by atoms with Crippen LogP contribution < -0.4 is 98.8 Å². The second kappa shape index (κ2) is 2410. The Labute approximate surface area is 171 Å². The summed E-state index contributed by atoms with van der Waals surface area (Å²) in [6.07, 6.45) is 0. The Bertz CT molecular complexity index is 35.2. The molecule has 14 nitrogen and oxygen atoms in total. The molecule has 0 heterocycles. The van der Waals surface area contributed by atoms with E-state index in [4.69, 9.17) is 0 Å². The molecule has 0 saturated heterocycles. The fourth-order valence-corrected chi connectivity index (χ4v) is 0. The van der Waals surface area contributed by atoms with Crippen LogP contribution in [-0.2, 0) is 39.0 Å². The van der Waals surface area contributed by atoms with E-state index in [1.165, 1.54) is 0 Å². The zero-order chi connectivity index (χ0) is 0. The van der Waals surface area contributed by atoms with Crippen molar-refractivity contribution < 1.29 is 110 Å². The largest absolute Gasteiger partial charge is 3.00 e. The second-order valence-electron chi connectivity index (χ2n) is 0. The first-order chi connectivity index (χ1) is 0. The molecule has 0 amide bonds.